The number of furan rings is 4. The Kier molecular flexibility index (Phi) is 15.6. The van der Waals surface area contributed by atoms with Gasteiger partial charge in [-0.2, -0.15) is 0 Å². The lowest BCUT2D eigenvalue weighted by molar-refractivity contribution is -0.661. The highest BCUT2D eigenvalue weighted by atomic mass is 16.3. The highest BCUT2D eigenvalue weighted by Crippen LogP contribution is 2.41. The summed E-state index contributed by atoms with van der Waals surface area (Å²) in [6.45, 7) is 18.6. The molecular weight excluding hydrogens is 1220 g/mol. The van der Waals surface area contributed by atoms with Crippen molar-refractivity contribution in [1.82, 2.24) is 19.9 Å². The van der Waals surface area contributed by atoms with E-state index in [-0.39, 0.29) is 17.8 Å². The number of fused-ring (bicyclic) bond motifs is 12. The van der Waals surface area contributed by atoms with Gasteiger partial charge in [0.1, 0.15) is 56.1 Å². The predicted molar refractivity (Wildman–Crippen MR) is 401 cm³/mol. The number of hydrogen-bond acceptors (Lipinski definition) is 8. The maximum atomic E-state index is 8.37. The second-order valence-electron chi connectivity index (χ2n) is 26.5. The maximum Gasteiger partial charge on any atom is 0.227 e. The molecule has 4 aromatic carbocycles. The molecule has 12 nitrogen and oxygen atoms in total. The van der Waals surface area contributed by atoms with Crippen LogP contribution >= 0.6 is 0 Å². The first-order valence-corrected chi connectivity index (χ1v) is 33.6. The van der Waals surface area contributed by atoms with Gasteiger partial charge in [0, 0.05) is 134 Å². The van der Waals surface area contributed by atoms with Crippen molar-refractivity contribution in [3.8, 4) is 45.0 Å². The number of aromatic nitrogens is 8. The number of para-hydroxylation sites is 1. The van der Waals surface area contributed by atoms with Crippen molar-refractivity contribution < 1.29 is 49.6 Å². The van der Waals surface area contributed by atoms with Crippen LogP contribution in [0.3, 0.4) is 0 Å². The van der Waals surface area contributed by atoms with Gasteiger partial charge in [0.15, 0.2) is 41.5 Å². The molecule has 0 N–H and O–H groups in total. The van der Waals surface area contributed by atoms with Crippen molar-refractivity contribution in [1.29, 1.82) is 0 Å². The number of benzene rings is 4. The van der Waals surface area contributed by atoms with E-state index in [4.69, 9.17) is 31.4 Å². The minimum Gasteiger partial charge on any atom is -0.455 e. The fraction of sp³-hybridized carbons (Fsp3) is 0.264. The molecule has 0 fully saturated rings. The molecule has 0 spiro atoms. The Labute approximate surface area is 594 Å². The van der Waals surface area contributed by atoms with Gasteiger partial charge in [-0.3, -0.25) is 15.0 Å². The van der Waals surface area contributed by atoms with Gasteiger partial charge >= 0.3 is 0 Å². The zero-order chi connectivity index (χ0) is 78.3. The second-order valence-corrected chi connectivity index (χ2v) is 26.5. The summed E-state index contributed by atoms with van der Waals surface area (Å²) in [5.74, 6) is -2.00. The summed E-state index contributed by atoms with van der Waals surface area (Å²) in [7, 11) is 7.71. The zero-order valence-corrected chi connectivity index (χ0v) is 58.9. The molecule has 498 valence electrons. The van der Waals surface area contributed by atoms with Crippen LogP contribution in [0, 0.1) is 45.4 Å². The van der Waals surface area contributed by atoms with E-state index in [0.29, 0.717) is 28.0 Å². The molecule has 12 heteroatoms. The Morgan fingerprint density at radius 3 is 1.37 bits per heavy atom. The summed E-state index contributed by atoms with van der Waals surface area (Å²) in [5.41, 5.74) is 20.7. The third kappa shape index (κ3) is 13.4. The van der Waals surface area contributed by atoms with E-state index in [1.54, 1.807) is 37.1 Å². The topological polar surface area (TPSA) is 120 Å². The molecule has 0 aliphatic rings. The number of hydrogen-bond donors (Lipinski definition) is 0. The molecule has 99 heavy (non-hydrogen) atoms. The van der Waals surface area contributed by atoms with Gasteiger partial charge in [-0.25, -0.2) is 23.3 Å². The first-order chi connectivity index (χ1) is 51.5. The van der Waals surface area contributed by atoms with Crippen molar-refractivity contribution in [2.45, 2.75) is 108 Å². The molecule has 16 aromatic rings. The SMILES string of the molecule is [2H]C([2H])([2H])C([2H])(C)c1ccc(-c2c(C)ncc3c2oc2ccccc23)[n+](C)c1.[2H]C([2H])(c1ccc(-c2c(C)ccc3c2oc2ccncc23)[n+](C)c1)C(C)C.[2H]C([2H])(c1ccc(-c2c(C)ccc3c2oc2cnccc23)[n+](C)c1)C(C)C.[2H]C([2H])(c1ccc(-c2c(C)ccc3c2oc2ncccc23)[n+](C)c1)C(C)C. The van der Waals surface area contributed by atoms with Gasteiger partial charge < -0.3 is 17.7 Å². The van der Waals surface area contributed by atoms with Gasteiger partial charge in [0.25, 0.3) is 0 Å². The second kappa shape index (κ2) is 28.0. The first-order valence-electron chi connectivity index (χ1n) is 38.6. The van der Waals surface area contributed by atoms with Crippen LogP contribution in [-0.4, -0.2) is 19.9 Å². The van der Waals surface area contributed by atoms with Gasteiger partial charge in [-0.15, -0.1) is 0 Å². The van der Waals surface area contributed by atoms with E-state index < -0.39 is 31.9 Å². The quantitative estimate of drug-likeness (QED) is 0.117. The molecule has 0 saturated carbocycles. The maximum absolute atomic E-state index is 8.37. The first kappa shape index (κ1) is 55.3. The molecule has 0 bridgehead atoms. The summed E-state index contributed by atoms with van der Waals surface area (Å²) in [6, 6.07) is 43.3. The average molecular weight is 1320 g/mol. The Balaban J connectivity index is 0.000000128. The van der Waals surface area contributed by atoms with Crippen molar-refractivity contribution in [3.05, 3.63) is 240 Å². The predicted octanol–water partition coefficient (Wildman–Crippen LogP) is 19.8. The van der Waals surface area contributed by atoms with E-state index in [1.165, 1.54) is 6.92 Å². The van der Waals surface area contributed by atoms with E-state index >= 15 is 0 Å². The van der Waals surface area contributed by atoms with Crippen LogP contribution in [0.15, 0.2) is 213 Å². The molecule has 0 aliphatic carbocycles. The Morgan fingerprint density at radius 2 is 0.828 bits per heavy atom. The summed E-state index contributed by atoms with van der Waals surface area (Å²) in [4.78, 5) is 17.3. The molecule has 12 aromatic heterocycles. The molecular formula is C87H90N8O4+4. The highest BCUT2D eigenvalue weighted by Gasteiger charge is 2.26. The van der Waals surface area contributed by atoms with Crippen LogP contribution in [-0.2, 0) is 47.3 Å². The summed E-state index contributed by atoms with van der Waals surface area (Å²) in [5, 5.41) is 8.15. The van der Waals surface area contributed by atoms with Crippen LogP contribution in [0.2, 0.25) is 0 Å². The minimum absolute atomic E-state index is 0.101. The molecule has 0 amide bonds. The smallest absolute Gasteiger partial charge is 0.227 e. The standard InChI is InChI=1S/3C22H23N2O.C21H21N2O/c1-14(2)11-16-6-8-19(24(4)13-16)21-15(3)5-7-18-17-9-10-23-12-20(17)25-22(18)21;1-14(2)11-16-6-8-19(24(4)13-16)21-15(3)5-7-17-18-12-23-10-9-20(18)25-22(17)21;1-14(2)12-16-8-10-19(24(4)13-16)20-15(3)7-9-17-18-6-5-11-23-22(18)25-21(17)20;1-13(2)15-9-10-18(23(4)12-15)20-14(3)22-11-17-16-7-5-6-8-19(16)24-21(17)20/h2*5-10,12-14H,11H2,1-4H3;5-11,13-14H,12H2,1-4H3;5-13H,1-4H3/q4*+1/i2*11D2;12D2;1D3,13D. The van der Waals surface area contributed by atoms with Crippen LogP contribution in [0.5, 0.6) is 0 Å². The molecule has 1 unspecified atom stereocenters. The Hall–Kier alpha value is -10.7. The van der Waals surface area contributed by atoms with Gasteiger partial charge in [0.2, 0.25) is 28.5 Å². The fourth-order valence-corrected chi connectivity index (χ4v) is 13.3. The summed E-state index contributed by atoms with van der Waals surface area (Å²) >= 11 is 0. The third-order valence-electron chi connectivity index (χ3n) is 17.9. The third-order valence-corrected chi connectivity index (χ3v) is 17.9. The van der Waals surface area contributed by atoms with Crippen LogP contribution in [0.25, 0.3) is 133 Å². The highest BCUT2D eigenvalue weighted by molar-refractivity contribution is 6.12. The van der Waals surface area contributed by atoms with Gasteiger partial charge in [-0.1, -0.05) is 110 Å². The lowest BCUT2D eigenvalue weighted by Gasteiger charge is -2.08. The van der Waals surface area contributed by atoms with Crippen molar-refractivity contribution in [2.24, 2.45) is 45.9 Å². The molecule has 1 atom stereocenters. The van der Waals surface area contributed by atoms with Crippen LogP contribution in [0.4, 0.5) is 0 Å². The Bertz CT molecular complexity index is 5750. The lowest BCUT2D eigenvalue weighted by atomic mass is 9.99. The van der Waals surface area contributed by atoms with E-state index in [2.05, 4.69) is 77.1 Å². The molecule has 0 radical (unpaired) electrons. The van der Waals surface area contributed by atoms with Crippen LogP contribution < -0.4 is 18.3 Å². The van der Waals surface area contributed by atoms with E-state index in [0.717, 1.165) is 150 Å². The molecule has 12 heterocycles. The fourth-order valence-electron chi connectivity index (χ4n) is 13.3. The number of nitrogens with zero attached hydrogens (tertiary/aromatic N) is 8. The van der Waals surface area contributed by atoms with Crippen molar-refractivity contribution in [3.63, 3.8) is 0 Å². The van der Waals surface area contributed by atoms with Gasteiger partial charge in [-0.05, 0) is 142 Å². The van der Waals surface area contributed by atoms with Crippen molar-refractivity contribution in [2.75, 3.05) is 0 Å². The molecule has 0 saturated heterocycles. The number of rotatable bonds is 11. The minimum atomic E-state index is -2.42. The largest absolute Gasteiger partial charge is 0.455 e. The van der Waals surface area contributed by atoms with Gasteiger partial charge in [0.05, 0.1) is 28.6 Å². The monoisotopic (exact) mass is 1320 g/mol. The molecule has 0 aliphatic heterocycles. The van der Waals surface area contributed by atoms with E-state index in [9.17, 15) is 0 Å². The summed E-state index contributed by atoms with van der Waals surface area (Å²) in [6.07, 6.45) is 13.9. The van der Waals surface area contributed by atoms with E-state index in [1.807, 2.05) is 217 Å². The summed E-state index contributed by atoms with van der Waals surface area (Å²) < 4.78 is 114. The number of pyridine rings is 8. The lowest BCUT2D eigenvalue weighted by Crippen LogP contribution is -2.31. The normalized spacial score (nSPS) is 14.4. The van der Waals surface area contributed by atoms with Crippen molar-refractivity contribution >= 4 is 87.9 Å². The zero-order valence-electron chi connectivity index (χ0n) is 68.9. The number of aryl methyl sites for hydroxylation is 8. The van der Waals surface area contributed by atoms with Crippen LogP contribution in [0.1, 0.15) is 120 Å². The Morgan fingerprint density at radius 1 is 0.384 bits per heavy atom. The molecule has 16 rings (SSSR count). The average Bonchev–Trinajstić information content (AvgIpc) is 1.74.